The second kappa shape index (κ2) is 5.49. The van der Waals surface area contributed by atoms with Crippen LogP contribution in [0.1, 0.15) is 0 Å². The van der Waals surface area contributed by atoms with E-state index in [1.165, 1.54) is 11.5 Å². The molecule has 0 aromatic rings. The van der Waals surface area contributed by atoms with E-state index in [0.717, 1.165) is 23.0 Å². The Morgan fingerprint density at radius 1 is 0.900 bits per heavy atom. The van der Waals surface area contributed by atoms with Crippen LogP contribution in [-0.2, 0) is 10.8 Å². The van der Waals surface area contributed by atoms with Crippen LogP contribution in [0.15, 0.2) is 0 Å². The smallest absolute Gasteiger partial charge is 0.0325 e. The summed E-state index contributed by atoms with van der Waals surface area (Å²) >= 11 is 3.86. The summed E-state index contributed by atoms with van der Waals surface area (Å²) in [4.78, 5) is 0. The third-order valence-corrected chi connectivity index (χ3v) is 5.35. The molecule has 0 saturated carbocycles. The van der Waals surface area contributed by atoms with Crippen LogP contribution in [0.5, 0.6) is 0 Å². The Morgan fingerprint density at radius 3 is 1.90 bits per heavy atom. The first-order valence-corrected chi connectivity index (χ1v) is 7.20. The molecule has 60 valence electrons. The highest BCUT2D eigenvalue weighted by Gasteiger charge is 2.02. The molecule has 0 unspecified atom stereocenters. The Kier molecular flexibility index (Phi) is 4.91. The van der Waals surface area contributed by atoms with E-state index in [-0.39, 0.29) is 0 Å². The second-order valence-corrected chi connectivity index (χ2v) is 6.22. The van der Waals surface area contributed by atoms with Gasteiger partial charge in [-0.15, -0.1) is 0 Å². The largest absolute Gasteiger partial charge is 0.260 e. The van der Waals surface area contributed by atoms with E-state index in [1.54, 1.807) is 0 Å². The molecule has 4 heteroatoms. The maximum Gasteiger partial charge on any atom is 0.0325 e. The molecule has 10 heavy (non-hydrogen) atoms. The van der Waals surface area contributed by atoms with Gasteiger partial charge in [0.25, 0.3) is 0 Å². The number of hydrogen-bond acceptors (Lipinski definition) is 3. The molecule has 1 rings (SSSR count). The predicted octanol–water partition coefficient (Wildman–Crippen LogP) is 1.22. The number of hydrogen-bond donors (Lipinski definition) is 0. The Morgan fingerprint density at radius 2 is 1.40 bits per heavy atom. The van der Waals surface area contributed by atoms with Crippen molar-refractivity contribution in [2.75, 3.05) is 34.5 Å². The van der Waals surface area contributed by atoms with Gasteiger partial charge in [0.1, 0.15) is 0 Å². The quantitative estimate of drug-likeness (QED) is 0.580. The molecule has 0 radical (unpaired) electrons. The first-order chi connectivity index (χ1) is 4.89. The zero-order valence-corrected chi connectivity index (χ0v) is 8.33. The molecule has 0 N–H and O–H groups in total. The average Bonchev–Trinajstić information content (AvgIpc) is 2.02. The standard InChI is InChI=1S/C6H12OS3/c7-10-5-3-8-1-2-9-4-6-10/h1-6H2. The van der Waals surface area contributed by atoms with E-state index in [2.05, 4.69) is 0 Å². The summed E-state index contributed by atoms with van der Waals surface area (Å²) in [6.07, 6.45) is 0. The molecule has 0 amide bonds. The van der Waals surface area contributed by atoms with E-state index in [4.69, 9.17) is 0 Å². The predicted molar refractivity (Wildman–Crippen MR) is 52.5 cm³/mol. The summed E-state index contributed by atoms with van der Waals surface area (Å²) in [6.45, 7) is 0. The van der Waals surface area contributed by atoms with Gasteiger partial charge in [0, 0.05) is 45.3 Å². The minimum Gasteiger partial charge on any atom is -0.260 e. The zero-order chi connectivity index (χ0) is 7.23. The lowest BCUT2D eigenvalue weighted by molar-refractivity contribution is 0.685. The van der Waals surface area contributed by atoms with Crippen LogP contribution in [0.3, 0.4) is 0 Å². The van der Waals surface area contributed by atoms with Gasteiger partial charge in [0.15, 0.2) is 0 Å². The Balaban J connectivity index is 2.21. The summed E-state index contributed by atoms with van der Waals surface area (Å²) < 4.78 is 11.1. The van der Waals surface area contributed by atoms with Crippen molar-refractivity contribution in [2.45, 2.75) is 0 Å². The highest BCUT2D eigenvalue weighted by Crippen LogP contribution is 2.10. The molecule has 0 atom stereocenters. The van der Waals surface area contributed by atoms with Gasteiger partial charge in [0.2, 0.25) is 0 Å². The van der Waals surface area contributed by atoms with Crippen molar-refractivity contribution in [2.24, 2.45) is 0 Å². The van der Waals surface area contributed by atoms with E-state index in [0.29, 0.717) is 0 Å². The lowest BCUT2D eigenvalue weighted by atomic mass is 10.9. The monoisotopic (exact) mass is 196 g/mol. The molecule has 0 aromatic carbocycles. The zero-order valence-electron chi connectivity index (χ0n) is 5.88. The molecule has 1 nitrogen and oxygen atoms in total. The summed E-state index contributed by atoms with van der Waals surface area (Å²) in [5, 5.41) is 0. The third kappa shape index (κ3) is 3.88. The van der Waals surface area contributed by atoms with Gasteiger partial charge in [-0.3, -0.25) is 4.21 Å². The molecule has 0 bridgehead atoms. The Labute approximate surface area is 73.2 Å². The van der Waals surface area contributed by atoms with Gasteiger partial charge < -0.3 is 0 Å². The maximum absolute atomic E-state index is 11.1. The van der Waals surface area contributed by atoms with Gasteiger partial charge in [0.05, 0.1) is 0 Å². The van der Waals surface area contributed by atoms with E-state index in [1.807, 2.05) is 23.5 Å². The van der Waals surface area contributed by atoms with Crippen molar-refractivity contribution >= 4 is 34.3 Å². The van der Waals surface area contributed by atoms with Crippen molar-refractivity contribution in [1.82, 2.24) is 0 Å². The van der Waals surface area contributed by atoms with Crippen LogP contribution in [0.25, 0.3) is 0 Å². The first-order valence-electron chi connectivity index (χ1n) is 3.40. The second-order valence-electron chi connectivity index (χ2n) is 2.07. The molecule has 0 aliphatic carbocycles. The van der Waals surface area contributed by atoms with Crippen LogP contribution in [0.2, 0.25) is 0 Å². The van der Waals surface area contributed by atoms with E-state index >= 15 is 0 Å². The molecule has 1 aliphatic heterocycles. The van der Waals surface area contributed by atoms with Crippen molar-refractivity contribution < 1.29 is 4.21 Å². The van der Waals surface area contributed by atoms with Crippen LogP contribution < -0.4 is 0 Å². The van der Waals surface area contributed by atoms with Crippen molar-refractivity contribution in [3.8, 4) is 0 Å². The Bertz CT molecular complexity index is 104. The summed E-state index contributed by atoms with van der Waals surface area (Å²) in [5.41, 5.74) is 0. The fourth-order valence-electron chi connectivity index (χ4n) is 0.728. The average molecular weight is 196 g/mol. The Hall–Kier alpha value is 0.850. The van der Waals surface area contributed by atoms with Crippen molar-refractivity contribution in [3.05, 3.63) is 0 Å². The topological polar surface area (TPSA) is 17.1 Å². The number of thioether (sulfide) groups is 2. The van der Waals surface area contributed by atoms with Crippen LogP contribution >= 0.6 is 23.5 Å². The lowest BCUT2D eigenvalue weighted by Crippen LogP contribution is -2.05. The lowest BCUT2D eigenvalue weighted by Gasteiger charge is -1.95. The molecule has 1 aliphatic rings. The maximum atomic E-state index is 11.1. The van der Waals surface area contributed by atoms with Gasteiger partial charge in [-0.05, 0) is 0 Å². The van der Waals surface area contributed by atoms with Gasteiger partial charge in [-0.1, -0.05) is 0 Å². The molecular formula is C6H12OS3. The van der Waals surface area contributed by atoms with Gasteiger partial charge >= 0.3 is 0 Å². The van der Waals surface area contributed by atoms with Crippen LogP contribution in [-0.4, -0.2) is 38.7 Å². The normalized spacial score (nSPS) is 24.8. The van der Waals surface area contributed by atoms with Gasteiger partial charge in [-0.25, -0.2) is 0 Å². The molecule has 0 spiro atoms. The van der Waals surface area contributed by atoms with Crippen molar-refractivity contribution in [1.29, 1.82) is 0 Å². The summed E-state index contributed by atoms with van der Waals surface area (Å²) in [6, 6.07) is 0. The fourth-order valence-corrected chi connectivity index (χ4v) is 4.71. The van der Waals surface area contributed by atoms with Crippen molar-refractivity contribution in [3.63, 3.8) is 0 Å². The summed E-state index contributed by atoms with van der Waals surface area (Å²) in [5.74, 6) is 6.47. The highest BCUT2D eigenvalue weighted by atomic mass is 32.2. The van der Waals surface area contributed by atoms with E-state index in [9.17, 15) is 4.21 Å². The SMILES string of the molecule is O=S1CCSCCSCC1. The fraction of sp³-hybridized carbons (Fsp3) is 1.00. The molecular weight excluding hydrogens is 184 g/mol. The number of rotatable bonds is 0. The molecule has 1 saturated heterocycles. The minimum atomic E-state index is -0.521. The van der Waals surface area contributed by atoms with Crippen LogP contribution in [0.4, 0.5) is 0 Å². The molecule has 1 heterocycles. The molecule has 1 fully saturated rings. The molecule has 0 aromatic heterocycles. The van der Waals surface area contributed by atoms with Gasteiger partial charge in [-0.2, -0.15) is 23.5 Å². The summed E-state index contributed by atoms with van der Waals surface area (Å²) in [7, 11) is -0.521. The third-order valence-electron chi connectivity index (χ3n) is 1.28. The van der Waals surface area contributed by atoms with Crippen LogP contribution in [0, 0.1) is 0 Å². The minimum absolute atomic E-state index is 0.521. The van der Waals surface area contributed by atoms with E-state index < -0.39 is 10.8 Å². The highest BCUT2D eigenvalue weighted by molar-refractivity contribution is 8.04. The first kappa shape index (κ1) is 8.94.